The molecule has 0 spiro atoms. The summed E-state index contributed by atoms with van der Waals surface area (Å²) in [6.45, 7) is 1.19. The third kappa shape index (κ3) is 4.77. The lowest BCUT2D eigenvalue weighted by Gasteiger charge is -2.20. The molecule has 0 bridgehead atoms. The molecule has 1 aromatic carbocycles. The zero-order chi connectivity index (χ0) is 15.1. The molecule has 1 aromatic rings. The Labute approximate surface area is 117 Å². The minimum Gasteiger partial charge on any atom is -0.434 e. The van der Waals surface area contributed by atoms with Crippen molar-refractivity contribution in [2.45, 2.75) is 26.5 Å². The molecule has 2 atom stereocenters. The van der Waals surface area contributed by atoms with Gasteiger partial charge in [-0.25, -0.2) is 0 Å². The van der Waals surface area contributed by atoms with Crippen LogP contribution in [0.4, 0.5) is 8.78 Å². The highest BCUT2D eigenvalue weighted by atomic mass is 19.3. The zero-order valence-corrected chi connectivity index (χ0v) is 11.8. The van der Waals surface area contributed by atoms with Gasteiger partial charge in [-0.2, -0.15) is 8.78 Å². The molecule has 2 unspecified atom stereocenters. The number of carbonyl (C=O) groups is 1. The third-order valence-corrected chi connectivity index (χ3v) is 2.92. The number of alkyl halides is 2. The van der Waals surface area contributed by atoms with E-state index in [-0.39, 0.29) is 17.6 Å². The van der Waals surface area contributed by atoms with Crippen LogP contribution in [-0.2, 0) is 4.79 Å². The van der Waals surface area contributed by atoms with Crippen molar-refractivity contribution in [3.8, 4) is 5.75 Å². The van der Waals surface area contributed by atoms with Crippen LogP contribution in [0.25, 0.3) is 0 Å². The van der Waals surface area contributed by atoms with Crippen LogP contribution in [0.2, 0.25) is 0 Å². The highest BCUT2D eigenvalue weighted by Gasteiger charge is 2.19. The van der Waals surface area contributed by atoms with Crippen LogP contribution in [0.5, 0.6) is 5.75 Å². The van der Waals surface area contributed by atoms with E-state index < -0.39 is 12.7 Å². The number of hydrogen-bond acceptors (Lipinski definition) is 3. The molecule has 112 valence electrons. The van der Waals surface area contributed by atoms with Crippen LogP contribution in [0.1, 0.15) is 25.5 Å². The topological polar surface area (TPSA) is 50.4 Å². The van der Waals surface area contributed by atoms with Gasteiger partial charge in [0.05, 0.1) is 6.04 Å². The predicted octanol–water partition coefficient (Wildman–Crippen LogP) is 2.32. The Morgan fingerprint density at radius 1 is 1.30 bits per heavy atom. The summed E-state index contributed by atoms with van der Waals surface area (Å²) in [4.78, 5) is 11.9. The Kier molecular flexibility index (Phi) is 6.38. The van der Waals surface area contributed by atoms with Crippen LogP contribution in [0, 0.1) is 5.92 Å². The maximum Gasteiger partial charge on any atom is 0.387 e. The fraction of sp³-hybridized carbons (Fsp3) is 0.500. The van der Waals surface area contributed by atoms with E-state index in [9.17, 15) is 13.6 Å². The molecule has 1 rings (SSSR count). The molecule has 1 amide bonds. The first-order valence-corrected chi connectivity index (χ1v) is 6.44. The molecule has 0 saturated carbocycles. The molecular formula is C14H20F2N2O2. The van der Waals surface area contributed by atoms with Crippen LogP contribution in [0.3, 0.4) is 0 Å². The second-order valence-electron chi connectivity index (χ2n) is 4.61. The van der Waals surface area contributed by atoms with Crippen molar-refractivity contribution < 1.29 is 18.3 Å². The number of nitrogens with one attached hydrogen (secondary N) is 2. The summed E-state index contributed by atoms with van der Waals surface area (Å²) >= 11 is 0. The van der Waals surface area contributed by atoms with Gasteiger partial charge < -0.3 is 15.4 Å². The Morgan fingerprint density at radius 2 is 1.95 bits per heavy atom. The molecule has 20 heavy (non-hydrogen) atoms. The van der Waals surface area contributed by atoms with E-state index in [1.807, 2.05) is 0 Å². The van der Waals surface area contributed by atoms with Crippen LogP contribution in [-0.4, -0.2) is 26.1 Å². The molecule has 6 heteroatoms. The van der Waals surface area contributed by atoms with Crippen molar-refractivity contribution in [2.75, 3.05) is 13.6 Å². The fourth-order valence-electron chi connectivity index (χ4n) is 1.87. The van der Waals surface area contributed by atoms with E-state index in [1.54, 1.807) is 39.1 Å². The molecule has 4 nitrogen and oxygen atoms in total. The van der Waals surface area contributed by atoms with Crippen molar-refractivity contribution >= 4 is 5.91 Å². The molecular weight excluding hydrogens is 266 g/mol. The number of hydrogen-bond donors (Lipinski definition) is 2. The number of carbonyl (C=O) groups excluding carboxylic acids is 1. The van der Waals surface area contributed by atoms with Crippen molar-refractivity contribution in [1.82, 2.24) is 10.6 Å². The SMILES string of the molecule is CNCC(C)C(=O)NC(C)c1ccccc1OC(F)F. The van der Waals surface area contributed by atoms with Gasteiger partial charge in [-0.05, 0) is 20.0 Å². The second-order valence-corrected chi connectivity index (χ2v) is 4.61. The zero-order valence-electron chi connectivity index (χ0n) is 11.8. The quantitative estimate of drug-likeness (QED) is 0.809. The summed E-state index contributed by atoms with van der Waals surface area (Å²) in [7, 11) is 1.76. The Morgan fingerprint density at radius 3 is 2.55 bits per heavy atom. The molecule has 0 saturated heterocycles. The molecule has 0 aromatic heterocycles. The normalized spacial score (nSPS) is 13.9. The lowest BCUT2D eigenvalue weighted by Crippen LogP contribution is -2.35. The highest BCUT2D eigenvalue weighted by molar-refractivity contribution is 5.79. The van der Waals surface area contributed by atoms with Crippen LogP contribution >= 0.6 is 0 Å². The Bertz CT molecular complexity index is 441. The number of halogens is 2. The summed E-state index contributed by atoms with van der Waals surface area (Å²) < 4.78 is 29.1. The van der Waals surface area contributed by atoms with Crippen molar-refractivity contribution in [1.29, 1.82) is 0 Å². The summed E-state index contributed by atoms with van der Waals surface area (Å²) in [6, 6.07) is 6.04. The van der Waals surface area contributed by atoms with E-state index in [0.29, 0.717) is 12.1 Å². The minimum atomic E-state index is -2.89. The first-order valence-electron chi connectivity index (χ1n) is 6.44. The summed E-state index contributed by atoms with van der Waals surface area (Å²) in [5.41, 5.74) is 0.526. The molecule has 0 aliphatic heterocycles. The maximum atomic E-state index is 12.3. The van der Waals surface area contributed by atoms with Gasteiger partial charge in [0.15, 0.2) is 0 Å². The predicted molar refractivity (Wildman–Crippen MR) is 72.7 cm³/mol. The minimum absolute atomic E-state index is 0.0802. The van der Waals surface area contributed by atoms with Gasteiger partial charge in [0, 0.05) is 18.0 Å². The largest absolute Gasteiger partial charge is 0.434 e. The van der Waals surface area contributed by atoms with Crippen LogP contribution in [0.15, 0.2) is 24.3 Å². The van der Waals surface area contributed by atoms with Gasteiger partial charge in [-0.1, -0.05) is 25.1 Å². The van der Waals surface area contributed by atoms with E-state index in [2.05, 4.69) is 15.4 Å². The van der Waals surface area contributed by atoms with Crippen molar-refractivity contribution in [2.24, 2.45) is 5.92 Å². The second kappa shape index (κ2) is 7.79. The standard InChI is InChI=1S/C14H20F2N2O2/c1-9(8-17-3)13(19)18-10(2)11-6-4-5-7-12(11)20-14(15)16/h4-7,9-10,14,17H,8H2,1-3H3,(H,18,19). The van der Waals surface area contributed by atoms with E-state index in [1.165, 1.54) is 6.07 Å². The van der Waals surface area contributed by atoms with Crippen molar-refractivity contribution in [3.63, 3.8) is 0 Å². The summed E-state index contributed by atoms with van der Waals surface area (Å²) in [6.07, 6.45) is 0. The van der Waals surface area contributed by atoms with E-state index in [0.717, 1.165) is 0 Å². The van der Waals surface area contributed by atoms with Gasteiger partial charge in [0.1, 0.15) is 5.75 Å². The molecule has 0 aliphatic carbocycles. The van der Waals surface area contributed by atoms with Crippen LogP contribution < -0.4 is 15.4 Å². The van der Waals surface area contributed by atoms with Gasteiger partial charge in [0.25, 0.3) is 0 Å². The molecule has 0 heterocycles. The first-order chi connectivity index (χ1) is 9.45. The third-order valence-electron chi connectivity index (χ3n) is 2.92. The first kappa shape index (κ1) is 16.4. The molecule has 0 radical (unpaired) electrons. The van der Waals surface area contributed by atoms with Gasteiger partial charge in [-0.15, -0.1) is 0 Å². The average molecular weight is 286 g/mol. The highest BCUT2D eigenvalue weighted by Crippen LogP contribution is 2.26. The average Bonchev–Trinajstić information content (AvgIpc) is 2.38. The number of para-hydroxylation sites is 1. The number of rotatable bonds is 7. The smallest absolute Gasteiger partial charge is 0.387 e. The van der Waals surface area contributed by atoms with E-state index >= 15 is 0 Å². The number of amides is 1. The lowest BCUT2D eigenvalue weighted by molar-refractivity contribution is -0.125. The lowest BCUT2D eigenvalue weighted by atomic mass is 10.1. The maximum absolute atomic E-state index is 12.3. The molecule has 0 fully saturated rings. The number of benzene rings is 1. The van der Waals surface area contributed by atoms with Gasteiger partial charge in [0.2, 0.25) is 5.91 Å². The summed E-state index contributed by atoms with van der Waals surface area (Å²) in [5, 5.41) is 5.70. The fourth-order valence-corrected chi connectivity index (χ4v) is 1.87. The molecule has 2 N–H and O–H groups in total. The van der Waals surface area contributed by atoms with Crippen molar-refractivity contribution in [3.05, 3.63) is 29.8 Å². The number of ether oxygens (including phenoxy) is 1. The Hall–Kier alpha value is -1.69. The Balaban J connectivity index is 2.76. The van der Waals surface area contributed by atoms with Gasteiger partial charge in [-0.3, -0.25) is 4.79 Å². The molecule has 0 aliphatic rings. The van der Waals surface area contributed by atoms with E-state index in [4.69, 9.17) is 0 Å². The monoisotopic (exact) mass is 286 g/mol. The summed E-state index contributed by atoms with van der Waals surface area (Å²) in [5.74, 6) is -0.263. The van der Waals surface area contributed by atoms with Gasteiger partial charge >= 0.3 is 6.61 Å².